The first-order valence-corrected chi connectivity index (χ1v) is 8.55. The van der Waals surface area contributed by atoms with Gasteiger partial charge in [-0.2, -0.15) is 5.10 Å². The van der Waals surface area contributed by atoms with Crippen molar-refractivity contribution in [2.45, 2.75) is 20.4 Å². The summed E-state index contributed by atoms with van der Waals surface area (Å²) in [4.78, 5) is 17.1. The largest absolute Gasteiger partial charge is 0.357 e. The summed E-state index contributed by atoms with van der Waals surface area (Å²) in [6.45, 7) is 4.27. The number of hydrogen-bond donors (Lipinski definition) is 3. The topological polar surface area (TPSA) is 83.9 Å². The molecule has 2 aromatic heterocycles. The van der Waals surface area contributed by atoms with Crippen LogP contribution in [0.4, 0.5) is 0 Å². The monoisotopic (exact) mass is 368 g/mol. The fraction of sp³-hybridized carbons (Fsp3) is 0.222. The summed E-state index contributed by atoms with van der Waals surface area (Å²) in [6, 6.07) is 11.6. The molecule has 3 rings (SSSR count). The second kappa shape index (κ2) is 7.49. The van der Waals surface area contributed by atoms with Crippen LogP contribution in [0.15, 0.2) is 36.4 Å². The molecular weight excluding hydrogens is 348 g/mol. The first-order chi connectivity index (χ1) is 12.5. The van der Waals surface area contributed by atoms with Gasteiger partial charge in [-0.25, -0.2) is 4.98 Å². The molecule has 26 heavy (non-hydrogen) atoms. The smallest absolute Gasteiger partial charge is 0.270 e. The summed E-state index contributed by atoms with van der Waals surface area (Å²) in [7, 11) is 1.81. The third-order valence-electron chi connectivity index (χ3n) is 3.93. The number of nitrogens with one attached hydrogen (secondary N) is 3. The van der Waals surface area contributed by atoms with Crippen LogP contribution in [0.25, 0.3) is 11.0 Å². The van der Waals surface area contributed by atoms with E-state index in [0.717, 1.165) is 22.3 Å². The molecule has 0 bridgehead atoms. The molecule has 0 atom stereocenters. The Morgan fingerprint density at radius 3 is 2.65 bits per heavy atom. The van der Waals surface area contributed by atoms with Gasteiger partial charge in [-0.1, -0.05) is 30.3 Å². The van der Waals surface area contributed by atoms with Gasteiger partial charge in [0, 0.05) is 19.3 Å². The van der Waals surface area contributed by atoms with E-state index in [2.05, 4.69) is 26.3 Å². The predicted octanol–water partition coefficient (Wildman–Crippen LogP) is 1.89. The van der Waals surface area contributed by atoms with Crippen LogP contribution in [0.1, 0.15) is 27.3 Å². The minimum Gasteiger partial charge on any atom is -0.357 e. The lowest BCUT2D eigenvalue weighted by molar-refractivity contribution is 0.0945. The van der Waals surface area contributed by atoms with Crippen LogP contribution in [0.3, 0.4) is 0 Å². The Labute approximate surface area is 156 Å². The number of amides is 1. The minimum absolute atomic E-state index is 0.291. The number of rotatable bonds is 3. The fourth-order valence-electron chi connectivity index (χ4n) is 2.75. The number of aromatic nitrogens is 3. The minimum atomic E-state index is -0.291. The lowest BCUT2D eigenvalue weighted by atomic mass is 10.1. The van der Waals surface area contributed by atoms with Crippen LogP contribution in [0, 0.1) is 13.8 Å². The lowest BCUT2D eigenvalue weighted by Crippen LogP contribution is -2.46. The van der Waals surface area contributed by atoms with Crippen molar-refractivity contribution in [3.8, 4) is 0 Å². The molecule has 0 radical (unpaired) electrons. The third kappa shape index (κ3) is 3.80. The standard InChI is InChI=1S/C18H20N6OS/c1-11-9-14(15-12(2)23-24(3)16(15)20-11)17(25)21-22-18(26)19-10-13-7-5-4-6-8-13/h4-9H,10H2,1-3H3,(H,21,25)(H2,19,22,26). The normalized spacial score (nSPS) is 10.6. The maximum absolute atomic E-state index is 12.6. The van der Waals surface area contributed by atoms with E-state index >= 15 is 0 Å². The van der Waals surface area contributed by atoms with E-state index in [1.807, 2.05) is 51.2 Å². The van der Waals surface area contributed by atoms with E-state index in [9.17, 15) is 4.79 Å². The van der Waals surface area contributed by atoms with Gasteiger partial charge in [-0.3, -0.25) is 20.3 Å². The van der Waals surface area contributed by atoms with Gasteiger partial charge in [0.2, 0.25) is 0 Å². The SMILES string of the molecule is Cc1cc(C(=O)NNC(=S)NCc2ccccc2)c2c(C)nn(C)c2n1. The van der Waals surface area contributed by atoms with Crippen molar-refractivity contribution >= 4 is 34.3 Å². The number of hydrazine groups is 1. The zero-order valence-electron chi connectivity index (χ0n) is 14.8. The summed E-state index contributed by atoms with van der Waals surface area (Å²) in [6.07, 6.45) is 0. The van der Waals surface area contributed by atoms with Crippen LogP contribution in [0.2, 0.25) is 0 Å². The van der Waals surface area contributed by atoms with Gasteiger partial charge in [-0.15, -0.1) is 0 Å². The van der Waals surface area contributed by atoms with E-state index in [1.54, 1.807) is 10.7 Å². The molecule has 1 aromatic carbocycles. The summed E-state index contributed by atoms with van der Waals surface area (Å²) < 4.78 is 1.67. The van der Waals surface area contributed by atoms with Gasteiger partial charge in [-0.05, 0) is 37.7 Å². The van der Waals surface area contributed by atoms with Crippen molar-refractivity contribution in [2.24, 2.45) is 7.05 Å². The van der Waals surface area contributed by atoms with Crippen molar-refractivity contribution < 1.29 is 4.79 Å². The molecule has 3 N–H and O–H groups in total. The van der Waals surface area contributed by atoms with Crippen molar-refractivity contribution in [3.63, 3.8) is 0 Å². The number of hydrogen-bond acceptors (Lipinski definition) is 4. The molecule has 0 aliphatic carbocycles. The van der Waals surface area contributed by atoms with Crippen LogP contribution < -0.4 is 16.2 Å². The molecule has 2 heterocycles. The Hall–Kier alpha value is -3.00. The van der Waals surface area contributed by atoms with Crippen LogP contribution in [0.5, 0.6) is 0 Å². The third-order valence-corrected chi connectivity index (χ3v) is 4.17. The molecule has 134 valence electrons. The molecular formula is C18H20N6OS. The molecule has 0 saturated heterocycles. The van der Waals surface area contributed by atoms with Crippen molar-refractivity contribution in [1.29, 1.82) is 0 Å². The van der Waals surface area contributed by atoms with E-state index in [0.29, 0.717) is 22.9 Å². The average Bonchev–Trinajstić information content (AvgIpc) is 2.92. The Morgan fingerprint density at radius 2 is 1.92 bits per heavy atom. The molecule has 0 aliphatic heterocycles. The number of thiocarbonyl (C=S) groups is 1. The number of carbonyl (C=O) groups is 1. The molecule has 0 spiro atoms. The maximum atomic E-state index is 12.6. The van der Waals surface area contributed by atoms with Gasteiger partial charge in [0.1, 0.15) is 0 Å². The summed E-state index contributed by atoms with van der Waals surface area (Å²) in [5.41, 5.74) is 9.15. The van der Waals surface area contributed by atoms with E-state index in [4.69, 9.17) is 12.2 Å². The molecule has 8 heteroatoms. The van der Waals surface area contributed by atoms with E-state index < -0.39 is 0 Å². The van der Waals surface area contributed by atoms with Gasteiger partial charge in [0.15, 0.2) is 10.8 Å². The first-order valence-electron chi connectivity index (χ1n) is 8.15. The van der Waals surface area contributed by atoms with Crippen LogP contribution in [-0.4, -0.2) is 25.8 Å². The number of pyridine rings is 1. The highest BCUT2D eigenvalue weighted by Crippen LogP contribution is 2.21. The number of aryl methyl sites for hydroxylation is 3. The van der Waals surface area contributed by atoms with Gasteiger partial charge >= 0.3 is 0 Å². The van der Waals surface area contributed by atoms with E-state index in [1.165, 1.54) is 0 Å². The second-order valence-electron chi connectivity index (χ2n) is 5.97. The number of nitrogens with zero attached hydrogens (tertiary/aromatic N) is 3. The Balaban J connectivity index is 1.67. The summed E-state index contributed by atoms with van der Waals surface area (Å²) >= 11 is 5.21. The highest BCUT2D eigenvalue weighted by Gasteiger charge is 2.17. The average molecular weight is 368 g/mol. The first kappa shape index (κ1) is 17.8. The summed E-state index contributed by atoms with van der Waals surface area (Å²) in [5.74, 6) is -0.291. The highest BCUT2D eigenvalue weighted by atomic mass is 32.1. The molecule has 0 aliphatic rings. The van der Waals surface area contributed by atoms with Gasteiger partial charge in [0.25, 0.3) is 5.91 Å². The number of fused-ring (bicyclic) bond motifs is 1. The highest BCUT2D eigenvalue weighted by molar-refractivity contribution is 7.80. The van der Waals surface area contributed by atoms with Crippen LogP contribution >= 0.6 is 12.2 Å². The quantitative estimate of drug-likeness (QED) is 0.484. The number of carbonyl (C=O) groups excluding carboxylic acids is 1. The molecule has 0 unspecified atom stereocenters. The number of benzene rings is 1. The van der Waals surface area contributed by atoms with Crippen LogP contribution in [-0.2, 0) is 13.6 Å². The second-order valence-corrected chi connectivity index (χ2v) is 6.37. The Morgan fingerprint density at radius 1 is 1.19 bits per heavy atom. The molecule has 7 nitrogen and oxygen atoms in total. The Kier molecular flexibility index (Phi) is 5.13. The van der Waals surface area contributed by atoms with Crippen molar-refractivity contribution in [1.82, 2.24) is 30.9 Å². The van der Waals surface area contributed by atoms with Crippen molar-refractivity contribution in [2.75, 3.05) is 0 Å². The Bertz CT molecular complexity index is 967. The fourth-order valence-corrected chi connectivity index (χ4v) is 2.88. The molecule has 3 aromatic rings. The van der Waals surface area contributed by atoms with E-state index in [-0.39, 0.29) is 5.91 Å². The zero-order valence-corrected chi connectivity index (χ0v) is 15.6. The predicted molar refractivity (Wildman–Crippen MR) is 104 cm³/mol. The molecule has 0 fully saturated rings. The van der Waals surface area contributed by atoms with Crippen molar-refractivity contribution in [3.05, 3.63) is 58.9 Å². The van der Waals surface area contributed by atoms with Gasteiger partial charge < -0.3 is 5.32 Å². The zero-order chi connectivity index (χ0) is 18.7. The molecule has 1 amide bonds. The summed E-state index contributed by atoms with van der Waals surface area (Å²) in [5, 5.41) is 8.47. The van der Waals surface area contributed by atoms with Gasteiger partial charge in [0.05, 0.1) is 16.6 Å². The maximum Gasteiger partial charge on any atom is 0.270 e. The lowest BCUT2D eigenvalue weighted by Gasteiger charge is -2.12. The molecule has 0 saturated carbocycles.